The Hall–Kier alpha value is -2.84. The number of aromatic nitrogens is 2. The molecule has 7 nitrogen and oxygen atoms in total. The van der Waals surface area contributed by atoms with Crippen LogP contribution in [0.1, 0.15) is 23.0 Å². The normalized spacial score (nSPS) is 13.4. The van der Waals surface area contributed by atoms with Gasteiger partial charge in [0.1, 0.15) is 0 Å². The molecule has 1 fully saturated rings. The Kier molecular flexibility index (Phi) is 7.35. The zero-order valence-corrected chi connectivity index (χ0v) is 19.0. The zero-order valence-electron chi connectivity index (χ0n) is 17.3. The number of pyridine rings is 2. The Balaban J connectivity index is 0.00000272. The average Bonchev–Trinajstić information content (AvgIpc) is 2.74. The molecule has 1 aliphatic rings. The van der Waals surface area contributed by atoms with Crippen molar-refractivity contribution in [2.45, 2.75) is 13.8 Å². The molecule has 3 aromatic rings. The summed E-state index contributed by atoms with van der Waals surface area (Å²) in [6.45, 7) is 4.84. The molecule has 0 atom stereocenters. The van der Waals surface area contributed by atoms with E-state index in [1.807, 2.05) is 60.0 Å². The first-order valence-electron chi connectivity index (χ1n) is 9.79. The molecule has 4 rings (SSSR count). The monoisotopic (exact) mass is 457 g/mol. The quantitative estimate of drug-likeness (QED) is 0.609. The Morgan fingerprint density at radius 1 is 1.10 bits per heavy atom. The Morgan fingerprint density at radius 2 is 1.84 bits per heavy atom. The maximum Gasteiger partial charge on any atom is 0.257 e. The molecule has 1 saturated heterocycles. The van der Waals surface area contributed by atoms with Gasteiger partial charge in [-0.3, -0.25) is 9.59 Å². The first kappa shape index (κ1) is 22.8. The van der Waals surface area contributed by atoms with E-state index in [1.165, 1.54) is 6.92 Å². The molecule has 162 valence electrons. The number of nitrogens with zero attached hydrogens (tertiary/aromatic N) is 3. The van der Waals surface area contributed by atoms with Crippen molar-refractivity contribution < 1.29 is 9.59 Å². The van der Waals surface area contributed by atoms with Crippen LogP contribution in [0.4, 0.5) is 17.1 Å². The van der Waals surface area contributed by atoms with Crippen molar-refractivity contribution >= 4 is 64.1 Å². The molecular weight excluding hydrogens is 434 g/mol. The van der Waals surface area contributed by atoms with Gasteiger partial charge in [-0.15, -0.1) is 12.4 Å². The third kappa shape index (κ3) is 5.26. The number of nitrogens with one attached hydrogen (secondary N) is 2. The summed E-state index contributed by atoms with van der Waals surface area (Å²) in [5.41, 5.74) is 4.08. The lowest BCUT2D eigenvalue weighted by Gasteiger charge is -2.27. The predicted molar refractivity (Wildman–Crippen MR) is 129 cm³/mol. The average molecular weight is 458 g/mol. The van der Waals surface area contributed by atoms with E-state index in [0.29, 0.717) is 22.6 Å². The van der Waals surface area contributed by atoms with Crippen LogP contribution in [0.5, 0.6) is 0 Å². The molecule has 0 aliphatic carbocycles. The van der Waals surface area contributed by atoms with E-state index in [0.717, 1.165) is 41.4 Å². The van der Waals surface area contributed by atoms with Gasteiger partial charge in [-0.1, -0.05) is 6.07 Å². The number of hydrogen-bond acceptors (Lipinski definition) is 6. The number of amides is 2. The van der Waals surface area contributed by atoms with Gasteiger partial charge >= 0.3 is 0 Å². The Labute approximate surface area is 191 Å². The number of fused-ring (bicyclic) bond motifs is 1. The number of halogens is 1. The van der Waals surface area contributed by atoms with Crippen LogP contribution in [0.2, 0.25) is 0 Å². The SMILES string of the molecule is CC(=O)Nc1cccc(Nc2c(C(=O)N3CCSCC3)cnc3nc(C)ccc23)c1.Cl. The highest BCUT2D eigenvalue weighted by molar-refractivity contribution is 7.99. The lowest BCUT2D eigenvalue weighted by atomic mass is 10.1. The molecule has 2 amide bonds. The summed E-state index contributed by atoms with van der Waals surface area (Å²) >= 11 is 1.86. The fourth-order valence-electron chi connectivity index (χ4n) is 3.43. The molecule has 2 aromatic heterocycles. The lowest BCUT2D eigenvalue weighted by Crippen LogP contribution is -2.38. The number of benzene rings is 1. The van der Waals surface area contributed by atoms with Gasteiger partial charge in [0.15, 0.2) is 5.65 Å². The predicted octanol–water partition coefficient (Wildman–Crippen LogP) is 4.25. The van der Waals surface area contributed by atoms with Crippen LogP contribution >= 0.6 is 24.2 Å². The maximum atomic E-state index is 13.3. The summed E-state index contributed by atoms with van der Waals surface area (Å²) in [4.78, 5) is 35.5. The summed E-state index contributed by atoms with van der Waals surface area (Å²) in [5.74, 6) is 1.70. The number of carbonyl (C=O) groups is 2. The van der Waals surface area contributed by atoms with E-state index < -0.39 is 0 Å². The minimum absolute atomic E-state index is 0. The van der Waals surface area contributed by atoms with Crippen LogP contribution in [0.15, 0.2) is 42.6 Å². The van der Waals surface area contributed by atoms with Gasteiger partial charge in [-0.2, -0.15) is 11.8 Å². The highest BCUT2D eigenvalue weighted by atomic mass is 35.5. The fraction of sp³-hybridized carbons (Fsp3) is 0.273. The summed E-state index contributed by atoms with van der Waals surface area (Å²) < 4.78 is 0. The molecule has 0 unspecified atom stereocenters. The van der Waals surface area contributed by atoms with Gasteiger partial charge in [-0.05, 0) is 37.3 Å². The van der Waals surface area contributed by atoms with Crippen LogP contribution in [-0.2, 0) is 4.79 Å². The third-order valence-electron chi connectivity index (χ3n) is 4.85. The second-order valence-corrected chi connectivity index (χ2v) is 8.39. The van der Waals surface area contributed by atoms with Crippen molar-refractivity contribution in [2.24, 2.45) is 0 Å². The van der Waals surface area contributed by atoms with E-state index in [-0.39, 0.29) is 24.2 Å². The smallest absolute Gasteiger partial charge is 0.257 e. The van der Waals surface area contributed by atoms with Crippen molar-refractivity contribution in [1.29, 1.82) is 0 Å². The molecule has 0 spiro atoms. The van der Waals surface area contributed by atoms with E-state index in [2.05, 4.69) is 20.6 Å². The lowest BCUT2D eigenvalue weighted by molar-refractivity contribution is -0.114. The van der Waals surface area contributed by atoms with E-state index in [9.17, 15) is 9.59 Å². The Morgan fingerprint density at radius 3 is 2.58 bits per heavy atom. The van der Waals surface area contributed by atoms with Gasteiger partial charge < -0.3 is 15.5 Å². The van der Waals surface area contributed by atoms with Crippen LogP contribution in [0.3, 0.4) is 0 Å². The van der Waals surface area contributed by atoms with Gasteiger partial charge in [0.05, 0.1) is 11.3 Å². The second-order valence-electron chi connectivity index (χ2n) is 7.16. The largest absolute Gasteiger partial charge is 0.354 e. The maximum absolute atomic E-state index is 13.3. The minimum atomic E-state index is -0.139. The van der Waals surface area contributed by atoms with Gasteiger partial charge in [-0.25, -0.2) is 9.97 Å². The van der Waals surface area contributed by atoms with E-state index in [4.69, 9.17) is 0 Å². The van der Waals surface area contributed by atoms with E-state index >= 15 is 0 Å². The second kappa shape index (κ2) is 9.98. The summed E-state index contributed by atoms with van der Waals surface area (Å²) in [6, 6.07) is 11.2. The Bertz CT molecular complexity index is 1120. The van der Waals surface area contributed by atoms with E-state index in [1.54, 1.807) is 6.20 Å². The van der Waals surface area contributed by atoms with Crippen molar-refractivity contribution in [3.8, 4) is 0 Å². The first-order valence-corrected chi connectivity index (χ1v) is 10.9. The number of rotatable bonds is 4. The van der Waals surface area contributed by atoms with Gasteiger partial charge in [0.25, 0.3) is 5.91 Å². The summed E-state index contributed by atoms with van der Waals surface area (Å²) in [7, 11) is 0. The highest BCUT2D eigenvalue weighted by Crippen LogP contribution is 2.31. The van der Waals surface area contributed by atoms with Crippen molar-refractivity contribution in [3.63, 3.8) is 0 Å². The standard InChI is InChI=1S/C22H23N5O2S.ClH/c1-14-6-7-18-20(26-17-5-3-4-16(12-17)25-15(2)28)19(13-23-21(18)24-14)22(29)27-8-10-30-11-9-27;/h3-7,12-13H,8-11H2,1-2H3,(H,25,28)(H,23,24,26);1H. The molecule has 0 radical (unpaired) electrons. The molecule has 1 aromatic carbocycles. The fourth-order valence-corrected chi connectivity index (χ4v) is 4.33. The number of hydrogen-bond donors (Lipinski definition) is 2. The van der Waals surface area contributed by atoms with Crippen LogP contribution in [0, 0.1) is 6.92 Å². The highest BCUT2D eigenvalue weighted by Gasteiger charge is 2.23. The van der Waals surface area contributed by atoms with Crippen LogP contribution in [0.25, 0.3) is 11.0 Å². The van der Waals surface area contributed by atoms with Crippen molar-refractivity contribution in [1.82, 2.24) is 14.9 Å². The first-order chi connectivity index (χ1) is 14.5. The number of carbonyl (C=O) groups excluding carboxylic acids is 2. The van der Waals surface area contributed by atoms with Crippen molar-refractivity contribution in [3.05, 3.63) is 53.9 Å². The molecule has 3 heterocycles. The molecule has 2 N–H and O–H groups in total. The molecule has 31 heavy (non-hydrogen) atoms. The van der Waals surface area contributed by atoms with Gasteiger partial charge in [0.2, 0.25) is 5.91 Å². The summed E-state index contributed by atoms with van der Waals surface area (Å²) in [6.07, 6.45) is 1.61. The number of anilines is 3. The minimum Gasteiger partial charge on any atom is -0.354 e. The zero-order chi connectivity index (χ0) is 21.1. The number of aryl methyl sites for hydroxylation is 1. The molecular formula is C22H24ClN5O2S. The van der Waals surface area contributed by atoms with Crippen molar-refractivity contribution in [2.75, 3.05) is 35.2 Å². The molecule has 9 heteroatoms. The molecule has 0 bridgehead atoms. The summed E-state index contributed by atoms with van der Waals surface area (Å²) in [5, 5.41) is 6.95. The number of thioether (sulfide) groups is 1. The topological polar surface area (TPSA) is 87.2 Å². The third-order valence-corrected chi connectivity index (χ3v) is 5.79. The molecule has 0 saturated carbocycles. The van der Waals surface area contributed by atoms with Gasteiger partial charge in [0, 0.05) is 60.2 Å². The molecule has 1 aliphatic heterocycles. The van der Waals surface area contributed by atoms with Crippen LogP contribution < -0.4 is 10.6 Å². The van der Waals surface area contributed by atoms with Crippen LogP contribution in [-0.4, -0.2) is 51.3 Å².